The zero-order chi connectivity index (χ0) is 14.1. The van der Waals surface area contributed by atoms with E-state index >= 15 is 0 Å². The molecule has 0 amide bonds. The van der Waals surface area contributed by atoms with Crippen LogP contribution < -0.4 is 5.32 Å². The van der Waals surface area contributed by atoms with Gasteiger partial charge < -0.3 is 10.1 Å². The summed E-state index contributed by atoms with van der Waals surface area (Å²) in [6, 6.07) is 9.35. The minimum atomic E-state index is 0.351. The topological polar surface area (TPSA) is 21.3 Å². The Kier molecular flexibility index (Phi) is 7.76. The number of hydrogen-bond acceptors (Lipinski definition) is 2. The third-order valence-electron chi connectivity index (χ3n) is 3.36. The van der Waals surface area contributed by atoms with E-state index in [1.165, 1.54) is 17.5 Å². The van der Waals surface area contributed by atoms with Crippen LogP contribution in [0.15, 0.2) is 24.3 Å². The molecule has 0 radical (unpaired) electrons. The van der Waals surface area contributed by atoms with Gasteiger partial charge in [-0.25, -0.2) is 0 Å². The largest absolute Gasteiger partial charge is 0.379 e. The van der Waals surface area contributed by atoms with Crippen LogP contribution >= 0.6 is 0 Å². The van der Waals surface area contributed by atoms with Crippen molar-refractivity contribution >= 4 is 0 Å². The lowest BCUT2D eigenvalue weighted by molar-refractivity contribution is 0.0759. The molecule has 0 fully saturated rings. The van der Waals surface area contributed by atoms with Crippen LogP contribution in [0.25, 0.3) is 0 Å². The highest BCUT2D eigenvalue weighted by atomic mass is 16.5. The third-order valence-corrected chi connectivity index (χ3v) is 3.36. The van der Waals surface area contributed by atoms with Crippen LogP contribution in [0.4, 0.5) is 0 Å². The first-order valence-corrected chi connectivity index (χ1v) is 7.57. The van der Waals surface area contributed by atoms with Crippen molar-refractivity contribution in [2.24, 2.45) is 0 Å². The fourth-order valence-electron chi connectivity index (χ4n) is 2.02. The highest BCUT2D eigenvalue weighted by molar-refractivity contribution is 5.24. The molecule has 0 aromatic heterocycles. The highest BCUT2D eigenvalue weighted by Gasteiger charge is 2.03. The molecule has 2 nitrogen and oxygen atoms in total. The van der Waals surface area contributed by atoms with E-state index in [4.69, 9.17) is 4.74 Å². The first-order valence-electron chi connectivity index (χ1n) is 7.57. The van der Waals surface area contributed by atoms with E-state index in [2.05, 4.69) is 57.3 Å². The zero-order valence-corrected chi connectivity index (χ0v) is 12.9. The number of benzene rings is 1. The number of aryl methyl sites for hydroxylation is 1. The monoisotopic (exact) mass is 263 g/mol. The standard InChI is InChI=1S/C17H29NO/c1-5-16-8-10-17(11-9-16)15(4)18-12-6-7-13-19-14(2)3/h8-11,14-15,18H,5-7,12-13H2,1-4H3. The number of rotatable bonds is 9. The van der Waals surface area contributed by atoms with Crippen LogP contribution in [0.5, 0.6) is 0 Å². The normalized spacial score (nSPS) is 12.9. The number of ether oxygens (including phenoxy) is 1. The second-order valence-electron chi connectivity index (χ2n) is 5.40. The minimum Gasteiger partial charge on any atom is -0.379 e. The van der Waals surface area contributed by atoms with Crippen molar-refractivity contribution in [2.45, 2.75) is 59.1 Å². The lowest BCUT2D eigenvalue weighted by Crippen LogP contribution is -2.20. The molecule has 0 aliphatic heterocycles. The van der Waals surface area contributed by atoms with E-state index in [0.29, 0.717) is 12.1 Å². The summed E-state index contributed by atoms with van der Waals surface area (Å²) in [6.45, 7) is 10.5. The van der Waals surface area contributed by atoms with Gasteiger partial charge in [0.25, 0.3) is 0 Å². The maximum Gasteiger partial charge on any atom is 0.0518 e. The van der Waals surface area contributed by atoms with Gasteiger partial charge in [0, 0.05) is 12.6 Å². The lowest BCUT2D eigenvalue weighted by atomic mass is 10.0. The van der Waals surface area contributed by atoms with E-state index in [9.17, 15) is 0 Å². The molecule has 1 unspecified atom stereocenters. The van der Waals surface area contributed by atoms with Crippen molar-refractivity contribution in [1.82, 2.24) is 5.32 Å². The predicted molar refractivity (Wildman–Crippen MR) is 82.6 cm³/mol. The van der Waals surface area contributed by atoms with Crippen LogP contribution in [0.2, 0.25) is 0 Å². The number of nitrogens with one attached hydrogen (secondary N) is 1. The Hall–Kier alpha value is -0.860. The van der Waals surface area contributed by atoms with Crippen molar-refractivity contribution in [3.63, 3.8) is 0 Å². The average Bonchev–Trinajstić information content (AvgIpc) is 2.42. The molecular weight excluding hydrogens is 234 g/mol. The summed E-state index contributed by atoms with van der Waals surface area (Å²) >= 11 is 0. The fraction of sp³-hybridized carbons (Fsp3) is 0.647. The lowest BCUT2D eigenvalue weighted by Gasteiger charge is -2.15. The number of hydrogen-bond donors (Lipinski definition) is 1. The van der Waals surface area contributed by atoms with Gasteiger partial charge in [0.1, 0.15) is 0 Å². The second kappa shape index (κ2) is 9.11. The van der Waals surface area contributed by atoms with Crippen molar-refractivity contribution in [1.29, 1.82) is 0 Å². The molecule has 108 valence electrons. The van der Waals surface area contributed by atoms with Crippen LogP contribution in [-0.2, 0) is 11.2 Å². The van der Waals surface area contributed by atoms with Crippen LogP contribution in [-0.4, -0.2) is 19.3 Å². The summed E-state index contributed by atoms with van der Waals surface area (Å²) in [5.41, 5.74) is 2.78. The molecule has 1 aromatic carbocycles. The summed E-state index contributed by atoms with van der Waals surface area (Å²) in [4.78, 5) is 0. The first kappa shape index (κ1) is 16.2. The molecule has 1 aromatic rings. The zero-order valence-electron chi connectivity index (χ0n) is 12.9. The van der Waals surface area contributed by atoms with Crippen LogP contribution in [0, 0.1) is 0 Å². The molecule has 0 saturated carbocycles. The second-order valence-corrected chi connectivity index (χ2v) is 5.40. The smallest absolute Gasteiger partial charge is 0.0518 e. The SMILES string of the molecule is CCc1ccc(C(C)NCCCCOC(C)C)cc1. The van der Waals surface area contributed by atoms with Gasteiger partial charge in [-0.15, -0.1) is 0 Å². The Bertz CT molecular complexity index is 332. The maximum absolute atomic E-state index is 5.53. The predicted octanol–water partition coefficient (Wildman–Crippen LogP) is 4.10. The van der Waals surface area contributed by atoms with E-state index in [1.807, 2.05) is 0 Å². The van der Waals surface area contributed by atoms with E-state index in [0.717, 1.165) is 26.0 Å². The molecule has 2 heteroatoms. The summed E-state index contributed by atoms with van der Waals surface area (Å²) in [5, 5.41) is 3.57. The molecule has 0 bridgehead atoms. The molecule has 0 spiro atoms. The number of unbranched alkanes of at least 4 members (excludes halogenated alkanes) is 1. The van der Waals surface area contributed by atoms with Crippen LogP contribution in [0.3, 0.4) is 0 Å². The van der Waals surface area contributed by atoms with Gasteiger partial charge in [0.05, 0.1) is 6.10 Å². The van der Waals surface area contributed by atoms with Gasteiger partial charge in [-0.05, 0) is 57.7 Å². The molecule has 0 aliphatic carbocycles. The van der Waals surface area contributed by atoms with E-state index in [1.54, 1.807) is 0 Å². The van der Waals surface area contributed by atoms with Gasteiger partial charge in [-0.3, -0.25) is 0 Å². The van der Waals surface area contributed by atoms with Gasteiger partial charge >= 0.3 is 0 Å². The third kappa shape index (κ3) is 6.74. The minimum absolute atomic E-state index is 0.351. The molecule has 0 saturated heterocycles. The molecule has 0 aliphatic rings. The quantitative estimate of drug-likeness (QED) is 0.677. The van der Waals surface area contributed by atoms with Crippen molar-refractivity contribution in [2.75, 3.05) is 13.2 Å². The summed E-state index contributed by atoms with van der Waals surface area (Å²) < 4.78 is 5.53. The van der Waals surface area contributed by atoms with E-state index in [-0.39, 0.29) is 0 Å². The summed E-state index contributed by atoms with van der Waals surface area (Å²) in [5.74, 6) is 0. The maximum atomic E-state index is 5.53. The Morgan fingerprint density at radius 3 is 2.32 bits per heavy atom. The Morgan fingerprint density at radius 2 is 1.74 bits per heavy atom. The summed E-state index contributed by atoms with van der Waals surface area (Å²) in [7, 11) is 0. The van der Waals surface area contributed by atoms with Gasteiger partial charge in [0.15, 0.2) is 0 Å². The molecule has 1 rings (SSSR count). The van der Waals surface area contributed by atoms with Crippen LogP contribution in [0.1, 0.15) is 57.7 Å². The van der Waals surface area contributed by atoms with Crippen molar-refractivity contribution in [3.8, 4) is 0 Å². The Labute approximate surface area is 118 Å². The van der Waals surface area contributed by atoms with Gasteiger partial charge in [0.2, 0.25) is 0 Å². The Balaban J connectivity index is 2.17. The molecular formula is C17H29NO. The first-order chi connectivity index (χ1) is 9.13. The van der Waals surface area contributed by atoms with Crippen molar-refractivity contribution in [3.05, 3.63) is 35.4 Å². The average molecular weight is 263 g/mol. The summed E-state index contributed by atoms with van der Waals surface area (Å²) in [6.07, 6.45) is 3.76. The molecule has 0 heterocycles. The Morgan fingerprint density at radius 1 is 1.05 bits per heavy atom. The van der Waals surface area contributed by atoms with Crippen molar-refractivity contribution < 1.29 is 4.74 Å². The van der Waals surface area contributed by atoms with E-state index < -0.39 is 0 Å². The molecule has 1 atom stereocenters. The molecule has 1 N–H and O–H groups in total. The fourth-order valence-corrected chi connectivity index (χ4v) is 2.02. The van der Waals surface area contributed by atoms with Gasteiger partial charge in [-0.2, -0.15) is 0 Å². The molecule has 19 heavy (non-hydrogen) atoms. The van der Waals surface area contributed by atoms with Gasteiger partial charge in [-0.1, -0.05) is 31.2 Å². The highest BCUT2D eigenvalue weighted by Crippen LogP contribution is 2.13.